The zero-order valence-electron chi connectivity index (χ0n) is 10.6. The molecule has 0 fully saturated rings. The van der Waals surface area contributed by atoms with Gasteiger partial charge in [-0.2, -0.15) is 0 Å². The predicted octanol–water partition coefficient (Wildman–Crippen LogP) is 3.18. The van der Waals surface area contributed by atoms with Crippen LogP contribution in [0.25, 0.3) is 0 Å². The van der Waals surface area contributed by atoms with Gasteiger partial charge in [-0.15, -0.1) is 0 Å². The van der Waals surface area contributed by atoms with Crippen LogP contribution in [0.5, 0.6) is 5.75 Å². The third-order valence-electron chi connectivity index (χ3n) is 3.43. The molecule has 0 N–H and O–H groups in total. The van der Waals surface area contributed by atoms with Gasteiger partial charge in [0.15, 0.2) is 0 Å². The van der Waals surface area contributed by atoms with E-state index in [-0.39, 0.29) is 5.97 Å². The highest BCUT2D eigenvalue weighted by atomic mass is 16.5. The summed E-state index contributed by atoms with van der Waals surface area (Å²) in [6.45, 7) is 0. The summed E-state index contributed by atoms with van der Waals surface area (Å²) in [5.74, 6) is 0.262. The van der Waals surface area contributed by atoms with Crippen LogP contribution in [-0.4, -0.2) is 11.0 Å². The lowest BCUT2D eigenvalue weighted by atomic mass is 9.92. The van der Waals surface area contributed by atoms with Gasteiger partial charge < -0.3 is 4.74 Å². The minimum absolute atomic E-state index is 0.358. The van der Waals surface area contributed by atoms with E-state index in [4.69, 9.17) is 4.74 Å². The van der Waals surface area contributed by atoms with E-state index in [9.17, 15) is 4.79 Å². The van der Waals surface area contributed by atoms with Gasteiger partial charge in [0.25, 0.3) is 0 Å². The molecule has 0 amide bonds. The Kier molecular flexibility index (Phi) is 3.27. The smallest absolute Gasteiger partial charge is 0.345 e. The number of nitrogens with zero attached hydrogens (tertiary/aromatic N) is 1. The van der Waals surface area contributed by atoms with Gasteiger partial charge in [0.05, 0.1) is 5.56 Å². The summed E-state index contributed by atoms with van der Waals surface area (Å²) in [4.78, 5) is 15.8. The molecule has 0 aliphatic heterocycles. The Hall–Kier alpha value is -2.16. The van der Waals surface area contributed by atoms with E-state index in [2.05, 4.69) is 11.1 Å². The first-order valence-electron chi connectivity index (χ1n) is 6.57. The standard InChI is InChI=1S/C16H15NO2/c18-16(14-6-3-9-17-11-14)19-15-8-7-12-4-1-2-5-13(12)10-15/h3,6-11H,1-2,4-5H2. The first-order chi connectivity index (χ1) is 9.33. The van der Waals surface area contributed by atoms with E-state index in [0.29, 0.717) is 11.3 Å². The number of aromatic nitrogens is 1. The highest BCUT2D eigenvalue weighted by Crippen LogP contribution is 2.25. The molecule has 0 atom stereocenters. The van der Waals surface area contributed by atoms with Gasteiger partial charge in [0, 0.05) is 12.4 Å². The zero-order chi connectivity index (χ0) is 13.1. The largest absolute Gasteiger partial charge is 0.423 e. The topological polar surface area (TPSA) is 39.2 Å². The van der Waals surface area contributed by atoms with Crippen molar-refractivity contribution < 1.29 is 9.53 Å². The average Bonchev–Trinajstić information content (AvgIpc) is 2.48. The molecule has 96 valence electrons. The number of pyridine rings is 1. The van der Waals surface area contributed by atoms with Crippen LogP contribution in [0.1, 0.15) is 34.3 Å². The molecule has 0 radical (unpaired) electrons. The van der Waals surface area contributed by atoms with Crippen molar-refractivity contribution in [3.63, 3.8) is 0 Å². The first-order valence-corrected chi connectivity index (χ1v) is 6.57. The van der Waals surface area contributed by atoms with E-state index in [0.717, 1.165) is 12.8 Å². The lowest BCUT2D eigenvalue weighted by Crippen LogP contribution is -2.10. The Morgan fingerprint density at radius 1 is 1.11 bits per heavy atom. The normalized spacial score (nSPS) is 13.7. The van der Waals surface area contributed by atoms with Gasteiger partial charge in [0.1, 0.15) is 5.75 Å². The Labute approximate surface area is 112 Å². The van der Waals surface area contributed by atoms with Crippen molar-refractivity contribution in [1.29, 1.82) is 0 Å². The summed E-state index contributed by atoms with van der Waals surface area (Å²) in [5.41, 5.74) is 3.16. The van der Waals surface area contributed by atoms with Crippen molar-refractivity contribution in [2.45, 2.75) is 25.7 Å². The van der Waals surface area contributed by atoms with Crippen molar-refractivity contribution in [2.24, 2.45) is 0 Å². The van der Waals surface area contributed by atoms with Crippen molar-refractivity contribution in [2.75, 3.05) is 0 Å². The van der Waals surface area contributed by atoms with Crippen LogP contribution >= 0.6 is 0 Å². The second-order valence-electron chi connectivity index (χ2n) is 4.77. The van der Waals surface area contributed by atoms with Crippen molar-refractivity contribution >= 4 is 5.97 Å². The zero-order valence-corrected chi connectivity index (χ0v) is 10.6. The Balaban J connectivity index is 1.78. The molecule has 3 heteroatoms. The maximum Gasteiger partial charge on any atom is 0.345 e. The molecule has 0 unspecified atom stereocenters. The SMILES string of the molecule is O=C(Oc1ccc2c(c1)CCCC2)c1cccnc1. The number of benzene rings is 1. The van der Waals surface area contributed by atoms with Crippen molar-refractivity contribution in [3.05, 3.63) is 59.4 Å². The molecular weight excluding hydrogens is 238 g/mol. The Morgan fingerprint density at radius 2 is 1.95 bits per heavy atom. The monoisotopic (exact) mass is 253 g/mol. The third-order valence-corrected chi connectivity index (χ3v) is 3.43. The highest BCUT2D eigenvalue weighted by Gasteiger charge is 2.12. The number of aryl methyl sites for hydroxylation is 2. The summed E-state index contributed by atoms with van der Waals surface area (Å²) in [6, 6.07) is 9.36. The highest BCUT2D eigenvalue weighted by molar-refractivity contribution is 5.90. The molecule has 2 aromatic rings. The van der Waals surface area contributed by atoms with Crippen LogP contribution in [0.4, 0.5) is 0 Å². The second kappa shape index (κ2) is 5.22. The summed E-state index contributed by atoms with van der Waals surface area (Å²) in [7, 11) is 0. The molecular formula is C16H15NO2. The Morgan fingerprint density at radius 3 is 2.74 bits per heavy atom. The fourth-order valence-corrected chi connectivity index (χ4v) is 2.42. The van der Waals surface area contributed by atoms with E-state index in [1.165, 1.54) is 30.2 Å². The van der Waals surface area contributed by atoms with Gasteiger partial charge in [-0.05, 0) is 61.1 Å². The quantitative estimate of drug-likeness (QED) is 0.609. The first kappa shape index (κ1) is 11.9. The molecule has 19 heavy (non-hydrogen) atoms. The van der Waals surface area contributed by atoms with Crippen LogP contribution in [0.2, 0.25) is 0 Å². The minimum Gasteiger partial charge on any atom is -0.423 e. The molecule has 0 bridgehead atoms. The van der Waals surface area contributed by atoms with Gasteiger partial charge in [-0.25, -0.2) is 4.79 Å². The number of esters is 1. The number of carbonyl (C=O) groups is 1. The maximum absolute atomic E-state index is 11.9. The molecule has 1 aromatic carbocycles. The van der Waals surface area contributed by atoms with Gasteiger partial charge in [-0.3, -0.25) is 4.98 Å². The summed E-state index contributed by atoms with van der Waals surface area (Å²) < 4.78 is 5.39. The number of hydrogen-bond acceptors (Lipinski definition) is 3. The fourth-order valence-electron chi connectivity index (χ4n) is 2.42. The number of carbonyl (C=O) groups excluding carboxylic acids is 1. The van der Waals surface area contributed by atoms with Crippen LogP contribution in [0.15, 0.2) is 42.7 Å². The molecule has 1 aliphatic carbocycles. The molecule has 1 aliphatic rings. The lowest BCUT2D eigenvalue weighted by Gasteiger charge is -2.16. The molecule has 1 heterocycles. The van der Waals surface area contributed by atoms with Crippen molar-refractivity contribution in [1.82, 2.24) is 4.98 Å². The third kappa shape index (κ3) is 2.65. The molecule has 3 rings (SSSR count). The number of ether oxygens (including phenoxy) is 1. The number of hydrogen-bond donors (Lipinski definition) is 0. The lowest BCUT2D eigenvalue weighted by molar-refractivity contribution is 0.0734. The average molecular weight is 253 g/mol. The van der Waals surface area contributed by atoms with E-state index < -0.39 is 0 Å². The van der Waals surface area contributed by atoms with Gasteiger partial charge in [0.2, 0.25) is 0 Å². The molecule has 0 saturated carbocycles. The fraction of sp³-hybridized carbons (Fsp3) is 0.250. The number of rotatable bonds is 2. The molecule has 3 nitrogen and oxygen atoms in total. The Bertz CT molecular complexity index is 593. The molecule has 1 aromatic heterocycles. The molecule has 0 saturated heterocycles. The number of fused-ring (bicyclic) bond motifs is 1. The maximum atomic E-state index is 11.9. The minimum atomic E-state index is -0.358. The van der Waals surface area contributed by atoms with Gasteiger partial charge >= 0.3 is 5.97 Å². The summed E-state index contributed by atoms with van der Waals surface area (Å²) in [5, 5.41) is 0. The van der Waals surface area contributed by atoms with E-state index in [1.807, 2.05) is 12.1 Å². The second-order valence-corrected chi connectivity index (χ2v) is 4.77. The van der Waals surface area contributed by atoms with Gasteiger partial charge in [-0.1, -0.05) is 6.07 Å². The summed E-state index contributed by atoms with van der Waals surface area (Å²) in [6.07, 6.45) is 7.82. The van der Waals surface area contributed by atoms with Crippen LogP contribution < -0.4 is 4.74 Å². The summed E-state index contributed by atoms with van der Waals surface area (Å²) >= 11 is 0. The van der Waals surface area contributed by atoms with E-state index in [1.54, 1.807) is 18.3 Å². The molecule has 0 spiro atoms. The van der Waals surface area contributed by atoms with E-state index >= 15 is 0 Å². The van der Waals surface area contributed by atoms with Crippen LogP contribution in [0.3, 0.4) is 0 Å². The van der Waals surface area contributed by atoms with Crippen LogP contribution in [0, 0.1) is 0 Å². The van der Waals surface area contributed by atoms with Crippen molar-refractivity contribution in [3.8, 4) is 5.75 Å². The predicted molar refractivity (Wildman–Crippen MR) is 72.3 cm³/mol. The van der Waals surface area contributed by atoms with Crippen LogP contribution in [-0.2, 0) is 12.8 Å².